The largest absolute Gasteiger partial charge is 0.397 e. The summed E-state index contributed by atoms with van der Waals surface area (Å²) in [4.78, 5) is 24.0. The second-order valence-electron chi connectivity index (χ2n) is 4.96. The average molecular weight is 297 g/mol. The number of rotatable bonds is 2. The van der Waals surface area contributed by atoms with Crippen LogP contribution in [0.15, 0.2) is 18.5 Å². The summed E-state index contributed by atoms with van der Waals surface area (Å²) in [5.41, 5.74) is 8.78. The van der Waals surface area contributed by atoms with Gasteiger partial charge in [-0.2, -0.15) is 9.97 Å². The van der Waals surface area contributed by atoms with E-state index in [-0.39, 0.29) is 5.91 Å². The topological polar surface area (TPSA) is 111 Å². The van der Waals surface area contributed by atoms with Crippen LogP contribution in [0.2, 0.25) is 0 Å². The minimum Gasteiger partial charge on any atom is -0.397 e. The Hall–Kier alpha value is -3.03. The van der Waals surface area contributed by atoms with Crippen molar-refractivity contribution in [3.63, 3.8) is 0 Å². The van der Waals surface area contributed by atoms with E-state index in [2.05, 4.69) is 25.4 Å². The molecular weight excluding hydrogens is 282 g/mol. The zero-order valence-corrected chi connectivity index (χ0v) is 12.5. The zero-order valence-electron chi connectivity index (χ0n) is 12.5. The number of nitrogens with one attached hydrogen (secondary N) is 1. The van der Waals surface area contributed by atoms with Crippen molar-refractivity contribution in [1.82, 2.24) is 24.6 Å². The van der Waals surface area contributed by atoms with Crippen LogP contribution in [0.1, 0.15) is 18.2 Å². The van der Waals surface area contributed by atoms with Crippen LogP contribution in [-0.2, 0) is 4.79 Å². The van der Waals surface area contributed by atoms with Gasteiger partial charge in [0.05, 0.1) is 11.9 Å². The van der Waals surface area contributed by atoms with E-state index in [1.165, 1.54) is 6.92 Å². The fraction of sp³-hybridized carbons (Fsp3) is 0.214. The third-order valence-electron chi connectivity index (χ3n) is 3.40. The van der Waals surface area contributed by atoms with Gasteiger partial charge in [0.2, 0.25) is 5.91 Å². The quantitative estimate of drug-likeness (QED) is 0.738. The molecule has 1 amide bonds. The Morgan fingerprint density at radius 1 is 1.32 bits per heavy atom. The summed E-state index contributed by atoms with van der Waals surface area (Å²) < 4.78 is 1.63. The highest BCUT2D eigenvalue weighted by Gasteiger charge is 2.15. The molecule has 0 aromatic carbocycles. The molecule has 22 heavy (non-hydrogen) atoms. The molecule has 0 aliphatic rings. The molecule has 8 heteroatoms. The lowest BCUT2D eigenvalue weighted by molar-refractivity contribution is -0.114. The Morgan fingerprint density at radius 3 is 2.77 bits per heavy atom. The number of nitrogens with zero attached hydrogens (tertiary/aromatic N) is 5. The van der Waals surface area contributed by atoms with Crippen molar-refractivity contribution in [2.45, 2.75) is 20.8 Å². The maximum atomic E-state index is 11.3. The Kier molecular flexibility index (Phi) is 3.21. The van der Waals surface area contributed by atoms with E-state index in [0.29, 0.717) is 28.7 Å². The van der Waals surface area contributed by atoms with Crippen molar-refractivity contribution in [2.24, 2.45) is 0 Å². The fourth-order valence-corrected chi connectivity index (χ4v) is 2.13. The Morgan fingerprint density at radius 2 is 2.09 bits per heavy atom. The van der Waals surface area contributed by atoms with E-state index < -0.39 is 0 Å². The van der Waals surface area contributed by atoms with E-state index in [4.69, 9.17) is 5.73 Å². The summed E-state index contributed by atoms with van der Waals surface area (Å²) in [5, 5.41) is 7.15. The maximum absolute atomic E-state index is 11.3. The van der Waals surface area contributed by atoms with Gasteiger partial charge in [0.25, 0.3) is 5.78 Å². The molecule has 0 saturated carbocycles. The molecule has 3 N–H and O–H groups in total. The van der Waals surface area contributed by atoms with Crippen LogP contribution in [0, 0.1) is 13.8 Å². The summed E-state index contributed by atoms with van der Waals surface area (Å²) in [6.07, 6.45) is 3.18. The molecule has 3 heterocycles. The van der Waals surface area contributed by atoms with Gasteiger partial charge in [0.15, 0.2) is 5.82 Å². The third-order valence-corrected chi connectivity index (χ3v) is 3.40. The normalized spacial score (nSPS) is 10.9. The first kappa shape index (κ1) is 13.9. The van der Waals surface area contributed by atoms with Gasteiger partial charge in [-0.15, -0.1) is 5.10 Å². The number of hydrogen-bond acceptors (Lipinski definition) is 6. The molecule has 0 aliphatic heterocycles. The molecule has 0 bridgehead atoms. The second kappa shape index (κ2) is 5.06. The van der Waals surface area contributed by atoms with Gasteiger partial charge in [-0.25, -0.2) is 4.52 Å². The van der Waals surface area contributed by atoms with Crippen molar-refractivity contribution in [1.29, 1.82) is 0 Å². The van der Waals surface area contributed by atoms with Gasteiger partial charge in [0.1, 0.15) is 5.82 Å². The molecule has 8 nitrogen and oxygen atoms in total. The van der Waals surface area contributed by atoms with E-state index in [1.807, 2.05) is 13.8 Å². The van der Waals surface area contributed by atoms with E-state index in [0.717, 1.165) is 11.3 Å². The Bertz CT molecular complexity index is 884. The SMILES string of the molecule is CC(=O)Nc1nc2nc(-c3ccncc3N)nn2c(C)c1C. The van der Waals surface area contributed by atoms with Gasteiger partial charge in [0, 0.05) is 29.9 Å². The van der Waals surface area contributed by atoms with Gasteiger partial charge >= 0.3 is 0 Å². The lowest BCUT2D eigenvalue weighted by Crippen LogP contribution is -2.12. The minimum atomic E-state index is -0.183. The summed E-state index contributed by atoms with van der Waals surface area (Å²) in [6, 6.07) is 1.75. The van der Waals surface area contributed by atoms with Crippen LogP contribution in [-0.4, -0.2) is 30.5 Å². The molecule has 0 radical (unpaired) electrons. The zero-order chi connectivity index (χ0) is 15.9. The van der Waals surface area contributed by atoms with Crippen molar-refractivity contribution in [3.8, 4) is 11.4 Å². The number of fused-ring (bicyclic) bond motifs is 1. The molecule has 0 unspecified atom stereocenters. The molecule has 3 aromatic rings. The second-order valence-corrected chi connectivity index (χ2v) is 4.96. The molecule has 0 spiro atoms. The molecule has 0 aliphatic carbocycles. The number of carbonyl (C=O) groups excluding carboxylic acids is 1. The highest BCUT2D eigenvalue weighted by molar-refractivity contribution is 5.88. The fourth-order valence-electron chi connectivity index (χ4n) is 2.13. The molecular formula is C14H15N7O. The van der Waals surface area contributed by atoms with E-state index in [1.54, 1.807) is 23.0 Å². The Labute approximate surface area is 126 Å². The molecule has 3 rings (SSSR count). The maximum Gasteiger partial charge on any atom is 0.254 e. The standard InChI is InChI=1S/C14H15N7O/c1-7-8(2)21-14(18-12(7)17-9(3)22)19-13(20-21)10-4-5-16-6-11(10)15/h4-6H,15H2,1-3H3,(H,17,18,19,20,22). The molecule has 0 fully saturated rings. The molecule has 112 valence electrons. The smallest absolute Gasteiger partial charge is 0.254 e. The number of anilines is 2. The average Bonchev–Trinajstić information content (AvgIpc) is 2.88. The minimum absolute atomic E-state index is 0.183. The number of hydrogen-bond donors (Lipinski definition) is 2. The van der Waals surface area contributed by atoms with E-state index >= 15 is 0 Å². The lowest BCUT2D eigenvalue weighted by Gasteiger charge is -2.08. The van der Waals surface area contributed by atoms with Crippen molar-refractivity contribution < 1.29 is 4.79 Å². The first-order chi connectivity index (χ1) is 10.5. The summed E-state index contributed by atoms with van der Waals surface area (Å²) in [5.74, 6) is 1.17. The van der Waals surface area contributed by atoms with Crippen molar-refractivity contribution in [3.05, 3.63) is 29.7 Å². The summed E-state index contributed by atoms with van der Waals surface area (Å²) in [7, 11) is 0. The predicted octanol–water partition coefficient (Wildman–Crippen LogP) is 1.34. The summed E-state index contributed by atoms with van der Waals surface area (Å²) in [6.45, 7) is 5.20. The number of aromatic nitrogens is 5. The van der Waals surface area contributed by atoms with Crippen LogP contribution in [0.3, 0.4) is 0 Å². The number of nitrogen functional groups attached to an aromatic ring is 1. The summed E-state index contributed by atoms with van der Waals surface area (Å²) >= 11 is 0. The predicted molar refractivity (Wildman–Crippen MR) is 82.2 cm³/mol. The lowest BCUT2D eigenvalue weighted by atomic mass is 10.2. The highest BCUT2D eigenvalue weighted by Crippen LogP contribution is 2.24. The van der Waals surface area contributed by atoms with Crippen LogP contribution >= 0.6 is 0 Å². The van der Waals surface area contributed by atoms with Gasteiger partial charge < -0.3 is 11.1 Å². The number of amides is 1. The first-order valence-corrected chi connectivity index (χ1v) is 6.69. The van der Waals surface area contributed by atoms with Crippen molar-refractivity contribution in [2.75, 3.05) is 11.1 Å². The molecule has 3 aromatic heterocycles. The van der Waals surface area contributed by atoms with Crippen LogP contribution in [0.25, 0.3) is 17.2 Å². The number of aryl methyl sites for hydroxylation is 1. The number of carbonyl (C=O) groups is 1. The van der Waals surface area contributed by atoms with E-state index in [9.17, 15) is 4.79 Å². The monoisotopic (exact) mass is 297 g/mol. The van der Waals surface area contributed by atoms with Gasteiger partial charge in [-0.3, -0.25) is 9.78 Å². The van der Waals surface area contributed by atoms with Crippen LogP contribution in [0.4, 0.5) is 11.5 Å². The van der Waals surface area contributed by atoms with Gasteiger partial charge in [-0.05, 0) is 19.9 Å². The highest BCUT2D eigenvalue weighted by atomic mass is 16.1. The number of nitrogens with two attached hydrogens (primary N) is 1. The first-order valence-electron chi connectivity index (χ1n) is 6.69. The third kappa shape index (κ3) is 2.24. The molecule has 0 atom stereocenters. The van der Waals surface area contributed by atoms with Gasteiger partial charge in [-0.1, -0.05) is 0 Å². The van der Waals surface area contributed by atoms with Crippen LogP contribution in [0.5, 0.6) is 0 Å². The van der Waals surface area contributed by atoms with Crippen LogP contribution < -0.4 is 11.1 Å². The molecule has 0 saturated heterocycles. The Balaban J connectivity index is 2.20. The number of pyridine rings is 1. The van der Waals surface area contributed by atoms with Crippen molar-refractivity contribution >= 4 is 23.2 Å².